The Balaban J connectivity index is 1.30. The molecule has 0 aromatic carbocycles. The summed E-state index contributed by atoms with van der Waals surface area (Å²) < 4.78 is 7.64. The lowest BCUT2D eigenvalue weighted by molar-refractivity contribution is -0.130. The maximum atomic E-state index is 12.8. The van der Waals surface area contributed by atoms with Crippen LogP contribution in [0.4, 0.5) is 4.79 Å². The predicted octanol–water partition coefficient (Wildman–Crippen LogP) is 3.44. The van der Waals surface area contributed by atoms with Crippen molar-refractivity contribution >= 4 is 35.1 Å². The van der Waals surface area contributed by atoms with Gasteiger partial charge in [0.05, 0.1) is 5.75 Å². The van der Waals surface area contributed by atoms with Crippen molar-refractivity contribution in [3.8, 4) is 0 Å². The number of rotatable bonds is 6. The van der Waals surface area contributed by atoms with Gasteiger partial charge in [-0.15, -0.1) is 21.5 Å². The minimum Gasteiger partial charge on any atom is -0.444 e. The van der Waals surface area contributed by atoms with E-state index in [1.165, 1.54) is 16.6 Å². The largest absolute Gasteiger partial charge is 0.444 e. The highest BCUT2D eigenvalue weighted by Crippen LogP contribution is 2.39. The van der Waals surface area contributed by atoms with Gasteiger partial charge in [-0.1, -0.05) is 17.8 Å². The molecule has 4 rings (SSSR count). The van der Waals surface area contributed by atoms with Crippen molar-refractivity contribution in [2.24, 2.45) is 0 Å². The highest BCUT2D eigenvalue weighted by molar-refractivity contribution is 7.99. The third-order valence-corrected chi connectivity index (χ3v) is 6.97. The van der Waals surface area contributed by atoms with E-state index in [4.69, 9.17) is 4.74 Å². The monoisotopic (exact) mass is 463 g/mol. The predicted molar refractivity (Wildman–Crippen MR) is 121 cm³/mol. The lowest BCUT2D eigenvalue weighted by atomic mass is 10.2. The second-order valence-corrected chi connectivity index (χ2v) is 10.9. The van der Waals surface area contributed by atoms with Gasteiger partial charge < -0.3 is 19.1 Å². The Hall–Kier alpha value is -2.07. The van der Waals surface area contributed by atoms with Crippen LogP contribution in [0.2, 0.25) is 0 Å². The number of carbonyl (C=O) groups excluding carboxylic acids is 2. The fourth-order valence-electron chi connectivity index (χ4n) is 3.48. The summed E-state index contributed by atoms with van der Waals surface area (Å²) in [5, 5.41) is 11.7. The number of thiophene rings is 1. The molecule has 8 nitrogen and oxygen atoms in total. The van der Waals surface area contributed by atoms with Gasteiger partial charge in [-0.2, -0.15) is 0 Å². The maximum absolute atomic E-state index is 12.8. The summed E-state index contributed by atoms with van der Waals surface area (Å²) in [6.07, 6.45) is 2.75. The Morgan fingerprint density at radius 3 is 2.48 bits per heavy atom. The van der Waals surface area contributed by atoms with E-state index in [2.05, 4.69) is 32.3 Å². The van der Waals surface area contributed by atoms with Gasteiger partial charge in [-0.3, -0.25) is 4.79 Å². The van der Waals surface area contributed by atoms with Crippen molar-refractivity contribution in [3.63, 3.8) is 0 Å². The van der Waals surface area contributed by atoms with Crippen LogP contribution in [0.15, 0.2) is 22.7 Å². The zero-order chi connectivity index (χ0) is 22.0. The van der Waals surface area contributed by atoms with Crippen LogP contribution in [0.25, 0.3) is 0 Å². The Kier molecular flexibility index (Phi) is 6.57. The first-order valence-electron chi connectivity index (χ1n) is 10.6. The Morgan fingerprint density at radius 1 is 1.16 bits per heavy atom. The molecule has 0 spiro atoms. The van der Waals surface area contributed by atoms with Crippen LogP contribution in [-0.2, 0) is 16.0 Å². The summed E-state index contributed by atoms with van der Waals surface area (Å²) >= 11 is 3.19. The van der Waals surface area contributed by atoms with Crippen LogP contribution in [-0.4, -0.2) is 74.1 Å². The van der Waals surface area contributed by atoms with Gasteiger partial charge in [0.25, 0.3) is 0 Å². The molecule has 2 aliphatic rings. The zero-order valence-electron chi connectivity index (χ0n) is 18.2. The molecule has 0 atom stereocenters. The van der Waals surface area contributed by atoms with E-state index in [-0.39, 0.29) is 12.0 Å². The summed E-state index contributed by atoms with van der Waals surface area (Å²) in [4.78, 5) is 29.7. The van der Waals surface area contributed by atoms with Crippen LogP contribution in [0, 0.1) is 0 Å². The highest BCUT2D eigenvalue weighted by atomic mass is 32.2. The van der Waals surface area contributed by atoms with Crippen LogP contribution in [0.1, 0.15) is 50.4 Å². The molecule has 168 valence electrons. The first-order chi connectivity index (χ1) is 14.8. The van der Waals surface area contributed by atoms with Crippen LogP contribution >= 0.6 is 23.1 Å². The third kappa shape index (κ3) is 5.79. The summed E-state index contributed by atoms with van der Waals surface area (Å²) in [5.41, 5.74) is -0.513. The SMILES string of the molecule is CC(C)(C)OC(=O)N1CCN(C(=O)CSc2nnc(Cc3cccs3)n2C2CC2)CC1. The molecule has 3 heterocycles. The number of thioether (sulfide) groups is 1. The molecule has 0 bridgehead atoms. The molecule has 1 aliphatic carbocycles. The summed E-state index contributed by atoms with van der Waals surface area (Å²) in [5.74, 6) is 1.38. The van der Waals surface area contributed by atoms with Crippen molar-refractivity contribution in [1.82, 2.24) is 24.6 Å². The quantitative estimate of drug-likeness (QED) is 0.611. The van der Waals surface area contributed by atoms with E-state index < -0.39 is 5.60 Å². The summed E-state index contributed by atoms with van der Waals surface area (Å²) in [7, 11) is 0. The van der Waals surface area contributed by atoms with Gasteiger partial charge in [0.1, 0.15) is 11.4 Å². The number of carbonyl (C=O) groups is 2. The van der Waals surface area contributed by atoms with Crippen LogP contribution < -0.4 is 0 Å². The van der Waals surface area contributed by atoms with Gasteiger partial charge in [-0.25, -0.2) is 4.79 Å². The normalized spacial score (nSPS) is 17.1. The minimum absolute atomic E-state index is 0.0685. The molecule has 2 amide bonds. The van der Waals surface area contributed by atoms with E-state index in [0.717, 1.165) is 30.2 Å². The van der Waals surface area contributed by atoms with Gasteiger partial charge >= 0.3 is 6.09 Å². The van der Waals surface area contributed by atoms with Crippen LogP contribution in [0.5, 0.6) is 0 Å². The molecule has 1 aliphatic heterocycles. The molecule has 0 unspecified atom stereocenters. The van der Waals surface area contributed by atoms with E-state index in [0.29, 0.717) is 38.0 Å². The molecular weight excluding hydrogens is 434 g/mol. The average Bonchev–Trinajstić information content (AvgIpc) is 3.27. The second kappa shape index (κ2) is 9.20. The zero-order valence-corrected chi connectivity index (χ0v) is 19.9. The second-order valence-electron chi connectivity index (χ2n) is 8.89. The Morgan fingerprint density at radius 2 is 1.87 bits per heavy atom. The molecule has 0 radical (unpaired) electrons. The maximum Gasteiger partial charge on any atom is 0.410 e. The summed E-state index contributed by atoms with van der Waals surface area (Å²) in [6.45, 7) is 7.61. The van der Waals surface area contributed by atoms with E-state index in [1.54, 1.807) is 16.2 Å². The third-order valence-electron chi connectivity index (χ3n) is 5.17. The Labute approximate surface area is 190 Å². The lowest BCUT2D eigenvalue weighted by Gasteiger charge is -2.35. The number of piperazine rings is 1. The number of hydrogen-bond donors (Lipinski definition) is 0. The number of nitrogens with zero attached hydrogens (tertiary/aromatic N) is 5. The van der Waals surface area contributed by atoms with Gasteiger partial charge in [0.15, 0.2) is 5.16 Å². The molecule has 0 N–H and O–H groups in total. The summed E-state index contributed by atoms with van der Waals surface area (Å²) in [6, 6.07) is 4.62. The first kappa shape index (κ1) is 22.1. The highest BCUT2D eigenvalue weighted by Gasteiger charge is 2.31. The standard InChI is InChI=1S/C21H29N5O3S2/c1-21(2,3)29-20(28)25-10-8-24(9-11-25)18(27)14-31-19-23-22-17(26(19)15-6-7-15)13-16-5-4-12-30-16/h4-5,12,15H,6-11,13-14H2,1-3H3. The fraction of sp³-hybridized carbons (Fsp3) is 0.619. The molecule has 1 saturated carbocycles. The van der Waals surface area contributed by atoms with Crippen molar-refractivity contribution in [2.75, 3.05) is 31.9 Å². The van der Waals surface area contributed by atoms with Crippen molar-refractivity contribution in [3.05, 3.63) is 28.2 Å². The van der Waals surface area contributed by atoms with E-state index in [1.807, 2.05) is 25.7 Å². The molecule has 2 aromatic rings. The molecule has 10 heteroatoms. The minimum atomic E-state index is -0.513. The Bertz CT molecular complexity index is 910. The van der Waals surface area contributed by atoms with Gasteiger partial charge in [-0.05, 0) is 45.1 Å². The first-order valence-corrected chi connectivity index (χ1v) is 12.5. The smallest absolute Gasteiger partial charge is 0.410 e. The lowest BCUT2D eigenvalue weighted by Crippen LogP contribution is -2.52. The van der Waals surface area contributed by atoms with E-state index in [9.17, 15) is 9.59 Å². The number of aromatic nitrogens is 3. The number of ether oxygens (including phenoxy) is 1. The average molecular weight is 464 g/mol. The van der Waals surface area contributed by atoms with Gasteiger partial charge in [0.2, 0.25) is 5.91 Å². The van der Waals surface area contributed by atoms with Crippen LogP contribution in [0.3, 0.4) is 0 Å². The molecule has 2 fully saturated rings. The molecule has 31 heavy (non-hydrogen) atoms. The molecule has 2 aromatic heterocycles. The fourth-order valence-corrected chi connectivity index (χ4v) is 5.11. The topological polar surface area (TPSA) is 80.6 Å². The van der Waals surface area contributed by atoms with Crippen molar-refractivity contribution < 1.29 is 14.3 Å². The van der Waals surface area contributed by atoms with Gasteiger partial charge in [0, 0.05) is 43.5 Å². The van der Waals surface area contributed by atoms with Crippen molar-refractivity contribution in [2.45, 2.75) is 56.8 Å². The van der Waals surface area contributed by atoms with E-state index >= 15 is 0 Å². The van der Waals surface area contributed by atoms with Crippen molar-refractivity contribution in [1.29, 1.82) is 0 Å². The number of amides is 2. The number of hydrogen-bond acceptors (Lipinski definition) is 7. The molecular formula is C21H29N5O3S2. The molecule has 1 saturated heterocycles.